The predicted molar refractivity (Wildman–Crippen MR) is 88.3 cm³/mol. The van der Waals surface area contributed by atoms with E-state index in [1.165, 1.54) is 17.7 Å². The predicted octanol–water partition coefficient (Wildman–Crippen LogP) is 1.62. The zero-order valence-corrected chi connectivity index (χ0v) is 12.6. The number of amides is 2. The maximum atomic E-state index is 12.0. The van der Waals surface area contributed by atoms with Gasteiger partial charge < -0.3 is 4.57 Å². The maximum Gasteiger partial charge on any atom is 0.264 e. The standard InChI is InChI=1S/C14H8N4O2S2/c19-11-9(12(20)17-14(21)16-11)6-18-10-4-2-1-3-7(10)8-5-15-22-13(8)18/h1-6H,(H2,16,17,19,20,21). The lowest BCUT2D eigenvalue weighted by Gasteiger charge is -2.16. The first-order valence-corrected chi connectivity index (χ1v) is 7.55. The van der Waals surface area contributed by atoms with Gasteiger partial charge in [0, 0.05) is 17.0 Å². The molecular weight excluding hydrogens is 320 g/mol. The topological polar surface area (TPSA) is 76.0 Å². The van der Waals surface area contributed by atoms with Gasteiger partial charge in [-0.2, -0.15) is 4.37 Å². The van der Waals surface area contributed by atoms with Crippen molar-refractivity contribution < 1.29 is 9.59 Å². The van der Waals surface area contributed by atoms with E-state index >= 15 is 0 Å². The zero-order chi connectivity index (χ0) is 15.3. The van der Waals surface area contributed by atoms with E-state index in [1.807, 2.05) is 28.8 Å². The third-order valence-electron chi connectivity index (χ3n) is 3.43. The van der Waals surface area contributed by atoms with Gasteiger partial charge in [0.1, 0.15) is 10.4 Å². The van der Waals surface area contributed by atoms with Gasteiger partial charge in [-0.15, -0.1) is 0 Å². The van der Waals surface area contributed by atoms with Crippen LogP contribution in [0.4, 0.5) is 0 Å². The Bertz CT molecular complexity index is 977. The Kier molecular flexibility index (Phi) is 2.81. The summed E-state index contributed by atoms with van der Waals surface area (Å²) in [7, 11) is 0. The second-order valence-electron chi connectivity index (χ2n) is 4.71. The molecule has 6 nitrogen and oxygen atoms in total. The van der Waals surface area contributed by atoms with E-state index in [1.54, 1.807) is 6.20 Å². The van der Waals surface area contributed by atoms with Crippen LogP contribution in [0.3, 0.4) is 0 Å². The summed E-state index contributed by atoms with van der Waals surface area (Å²) >= 11 is 6.11. The SMILES string of the molecule is O=C1NC(=S)NC(=O)C1=Cn1c2ccccc2c2cnsc21. The monoisotopic (exact) mass is 328 g/mol. The van der Waals surface area contributed by atoms with Crippen LogP contribution in [-0.4, -0.2) is 25.9 Å². The lowest BCUT2D eigenvalue weighted by atomic mass is 10.2. The summed E-state index contributed by atoms with van der Waals surface area (Å²) in [6, 6.07) is 7.76. The second-order valence-corrected chi connectivity index (χ2v) is 5.90. The van der Waals surface area contributed by atoms with E-state index in [2.05, 4.69) is 15.0 Å². The summed E-state index contributed by atoms with van der Waals surface area (Å²) in [5, 5.41) is 6.89. The fourth-order valence-electron chi connectivity index (χ4n) is 2.46. The number of nitrogens with one attached hydrogen (secondary N) is 2. The van der Waals surface area contributed by atoms with Crippen LogP contribution >= 0.6 is 23.8 Å². The van der Waals surface area contributed by atoms with Crippen LogP contribution in [0.25, 0.3) is 27.3 Å². The number of fused-ring (bicyclic) bond motifs is 3. The molecule has 1 aliphatic rings. The summed E-state index contributed by atoms with van der Waals surface area (Å²) in [5.74, 6) is -1.02. The highest BCUT2D eigenvalue weighted by Gasteiger charge is 2.26. The van der Waals surface area contributed by atoms with Crippen LogP contribution in [-0.2, 0) is 9.59 Å². The largest absolute Gasteiger partial charge is 0.305 e. The number of thiocarbonyl (C=S) groups is 1. The Morgan fingerprint density at radius 2 is 1.86 bits per heavy atom. The third-order valence-corrected chi connectivity index (χ3v) is 4.43. The molecule has 1 saturated heterocycles. The van der Waals surface area contributed by atoms with Crippen molar-refractivity contribution in [3.8, 4) is 0 Å². The molecule has 1 aliphatic heterocycles. The number of hydrogen-bond donors (Lipinski definition) is 2. The summed E-state index contributed by atoms with van der Waals surface area (Å²) in [5.41, 5.74) is 0.914. The van der Waals surface area contributed by atoms with Crippen molar-refractivity contribution in [3.05, 3.63) is 36.0 Å². The summed E-state index contributed by atoms with van der Waals surface area (Å²) in [6.07, 6.45) is 3.31. The Morgan fingerprint density at radius 3 is 2.64 bits per heavy atom. The number of carbonyl (C=O) groups is 2. The molecule has 1 aromatic carbocycles. The average Bonchev–Trinajstić information content (AvgIpc) is 3.04. The van der Waals surface area contributed by atoms with E-state index in [0.29, 0.717) is 0 Å². The molecule has 108 valence electrons. The first kappa shape index (κ1) is 13.1. The first-order chi connectivity index (χ1) is 10.6. The van der Waals surface area contributed by atoms with Crippen molar-refractivity contribution in [2.45, 2.75) is 0 Å². The number of carbonyl (C=O) groups excluding carboxylic acids is 2. The average molecular weight is 328 g/mol. The van der Waals surface area contributed by atoms with Crippen LogP contribution in [0.15, 0.2) is 36.0 Å². The molecule has 4 rings (SSSR count). The molecule has 2 aromatic heterocycles. The van der Waals surface area contributed by atoms with Crippen LogP contribution in [0.5, 0.6) is 0 Å². The molecule has 0 bridgehead atoms. The molecule has 3 aromatic rings. The van der Waals surface area contributed by atoms with Crippen molar-refractivity contribution >= 4 is 68.0 Å². The number of rotatable bonds is 1. The lowest BCUT2D eigenvalue weighted by Crippen LogP contribution is -2.51. The van der Waals surface area contributed by atoms with Gasteiger partial charge in [-0.05, 0) is 29.8 Å². The van der Waals surface area contributed by atoms with Crippen LogP contribution in [0, 0.1) is 0 Å². The van der Waals surface area contributed by atoms with Crippen molar-refractivity contribution in [3.63, 3.8) is 0 Å². The van der Waals surface area contributed by atoms with Gasteiger partial charge in [-0.1, -0.05) is 18.2 Å². The fourth-order valence-corrected chi connectivity index (χ4v) is 3.41. The molecule has 2 N–H and O–H groups in total. The molecule has 8 heteroatoms. The maximum absolute atomic E-state index is 12.0. The Morgan fingerprint density at radius 1 is 1.14 bits per heavy atom. The normalized spacial score (nSPS) is 15.3. The minimum Gasteiger partial charge on any atom is -0.305 e. The Hall–Kier alpha value is -2.58. The highest BCUT2D eigenvalue weighted by atomic mass is 32.1. The van der Waals surface area contributed by atoms with Crippen molar-refractivity contribution in [2.75, 3.05) is 0 Å². The molecule has 1 fully saturated rings. The van der Waals surface area contributed by atoms with Crippen molar-refractivity contribution in [2.24, 2.45) is 0 Å². The molecule has 22 heavy (non-hydrogen) atoms. The number of hydrogen-bond acceptors (Lipinski definition) is 5. The van der Waals surface area contributed by atoms with Crippen molar-refractivity contribution in [1.29, 1.82) is 0 Å². The molecule has 0 atom stereocenters. The lowest BCUT2D eigenvalue weighted by molar-refractivity contribution is -0.123. The number of nitrogens with zero attached hydrogens (tertiary/aromatic N) is 2. The van der Waals surface area contributed by atoms with E-state index in [9.17, 15) is 9.59 Å². The van der Waals surface area contributed by atoms with Crippen molar-refractivity contribution in [1.82, 2.24) is 19.6 Å². The molecule has 3 heterocycles. The van der Waals surface area contributed by atoms with Gasteiger partial charge >= 0.3 is 0 Å². The molecule has 0 unspecified atom stereocenters. The Balaban J connectivity index is 1.98. The summed E-state index contributed by atoms with van der Waals surface area (Å²) in [4.78, 5) is 24.9. The van der Waals surface area contributed by atoms with Gasteiger partial charge in [-0.25, -0.2) is 0 Å². The molecule has 0 spiro atoms. The minimum atomic E-state index is -0.510. The highest BCUT2D eigenvalue weighted by Crippen LogP contribution is 2.31. The summed E-state index contributed by atoms with van der Waals surface area (Å²) in [6.45, 7) is 0. The number of para-hydroxylation sites is 1. The van der Waals surface area contributed by atoms with Gasteiger partial charge in [0.15, 0.2) is 5.11 Å². The first-order valence-electron chi connectivity index (χ1n) is 6.37. The third kappa shape index (κ3) is 1.85. The van der Waals surface area contributed by atoms with Crippen LogP contribution in [0.2, 0.25) is 0 Å². The fraction of sp³-hybridized carbons (Fsp3) is 0. The van der Waals surface area contributed by atoms with Gasteiger partial charge in [-0.3, -0.25) is 20.2 Å². The van der Waals surface area contributed by atoms with Gasteiger partial charge in [0.05, 0.1) is 11.7 Å². The zero-order valence-electron chi connectivity index (χ0n) is 11.0. The molecule has 0 radical (unpaired) electrons. The Labute approximate surface area is 133 Å². The molecule has 0 aliphatic carbocycles. The van der Waals surface area contributed by atoms with E-state index in [0.717, 1.165) is 21.1 Å². The summed E-state index contributed by atoms with van der Waals surface area (Å²) < 4.78 is 6.00. The molecular formula is C14H8N4O2S2. The smallest absolute Gasteiger partial charge is 0.264 e. The second kappa shape index (κ2) is 4.72. The minimum absolute atomic E-state index is 0.00431. The van der Waals surface area contributed by atoms with Gasteiger partial charge in [0.2, 0.25) is 0 Å². The molecule has 2 amide bonds. The van der Waals surface area contributed by atoms with Crippen LogP contribution in [0.1, 0.15) is 0 Å². The van der Waals surface area contributed by atoms with E-state index < -0.39 is 11.8 Å². The van der Waals surface area contributed by atoms with Gasteiger partial charge in [0.25, 0.3) is 11.8 Å². The number of benzene rings is 1. The quantitative estimate of drug-likeness (QED) is 0.404. The van der Waals surface area contributed by atoms with Crippen LogP contribution < -0.4 is 10.6 Å². The molecule has 0 saturated carbocycles. The van der Waals surface area contributed by atoms with E-state index in [4.69, 9.17) is 12.2 Å². The highest BCUT2D eigenvalue weighted by molar-refractivity contribution is 7.80. The number of aromatic nitrogens is 2. The van der Waals surface area contributed by atoms with E-state index in [-0.39, 0.29) is 10.7 Å².